The molecule has 0 fully saturated rings. The van der Waals surface area contributed by atoms with Crippen LogP contribution in [0.25, 0.3) is 0 Å². The van der Waals surface area contributed by atoms with Gasteiger partial charge in [0.15, 0.2) is 11.6 Å². The monoisotopic (exact) mass is 256 g/mol. The van der Waals surface area contributed by atoms with Crippen LogP contribution in [0.1, 0.15) is 12.5 Å². The van der Waals surface area contributed by atoms with Gasteiger partial charge in [-0.25, -0.2) is 4.72 Å². The van der Waals surface area contributed by atoms with E-state index in [0.717, 1.165) is 0 Å². The van der Waals surface area contributed by atoms with E-state index >= 15 is 0 Å². The molecule has 0 amide bonds. The minimum atomic E-state index is -3.83. The number of aliphatic imine (C=N–C) groups is 1. The van der Waals surface area contributed by atoms with E-state index in [-0.39, 0.29) is 11.6 Å². The quantitative estimate of drug-likeness (QED) is 0.844. The van der Waals surface area contributed by atoms with Crippen LogP contribution in [-0.4, -0.2) is 27.9 Å². The maximum absolute atomic E-state index is 11.4. The molecule has 17 heavy (non-hydrogen) atoms. The van der Waals surface area contributed by atoms with Crippen molar-refractivity contribution in [3.05, 3.63) is 23.8 Å². The van der Waals surface area contributed by atoms with Gasteiger partial charge in [0.25, 0.3) is 0 Å². The number of rotatable bonds is 2. The fraction of sp³-hybridized carbons (Fsp3) is 0.300. The van der Waals surface area contributed by atoms with Crippen LogP contribution < -0.4 is 13.6 Å². The summed E-state index contributed by atoms with van der Waals surface area (Å²) in [6, 6.07) is 4.95. The normalized spacial score (nSPS) is 19.1. The summed E-state index contributed by atoms with van der Waals surface area (Å²) >= 11 is 0. The van der Waals surface area contributed by atoms with Gasteiger partial charge in [0.1, 0.15) is 11.3 Å². The second-order valence-corrected chi connectivity index (χ2v) is 4.55. The molecular formula is C10H12N2O4S. The SMILES string of the molecule is CCOc1cccc2c1C(=NC)NS(=O)(=O)O2. The van der Waals surface area contributed by atoms with Gasteiger partial charge < -0.3 is 8.92 Å². The highest BCUT2D eigenvalue weighted by Gasteiger charge is 2.29. The topological polar surface area (TPSA) is 77.0 Å². The fourth-order valence-electron chi connectivity index (χ4n) is 1.56. The Morgan fingerprint density at radius 1 is 1.47 bits per heavy atom. The van der Waals surface area contributed by atoms with Gasteiger partial charge in [-0.15, -0.1) is 0 Å². The van der Waals surface area contributed by atoms with Crippen LogP contribution in [0.2, 0.25) is 0 Å². The van der Waals surface area contributed by atoms with Gasteiger partial charge >= 0.3 is 10.3 Å². The van der Waals surface area contributed by atoms with E-state index in [0.29, 0.717) is 17.9 Å². The Kier molecular flexibility index (Phi) is 2.93. The molecule has 1 aromatic carbocycles. The van der Waals surface area contributed by atoms with Crippen molar-refractivity contribution in [2.24, 2.45) is 4.99 Å². The van der Waals surface area contributed by atoms with Crippen LogP contribution in [-0.2, 0) is 10.3 Å². The number of hydrogen-bond acceptors (Lipinski definition) is 5. The molecule has 1 aliphatic rings. The van der Waals surface area contributed by atoms with Crippen molar-refractivity contribution in [1.82, 2.24) is 4.72 Å². The maximum Gasteiger partial charge on any atom is 0.408 e. The molecule has 0 bridgehead atoms. The van der Waals surface area contributed by atoms with Gasteiger partial charge in [-0.2, -0.15) is 8.42 Å². The van der Waals surface area contributed by atoms with Crippen molar-refractivity contribution in [3.8, 4) is 11.5 Å². The first-order valence-corrected chi connectivity index (χ1v) is 6.43. The maximum atomic E-state index is 11.4. The van der Waals surface area contributed by atoms with Crippen molar-refractivity contribution in [2.75, 3.05) is 13.7 Å². The first kappa shape index (κ1) is 11.7. The van der Waals surface area contributed by atoms with Crippen molar-refractivity contribution in [1.29, 1.82) is 0 Å². The van der Waals surface area contributed by atoms with Gasteiger partial charge in [-0.1, -0.05) is 6.07 Å². The van der Waals surface area contributed by atoms with Crippen molar-refractivity contribution >= 4 is 16.1 Å². The minimum Gasteiger partial charge on any atom is -0.493 e. The standard InChI is InChI=1S/C10H12N2O4S/c1-3-15-7-5-4-6-8-9(7)10(11-2)12-17(13,14)16-8/h4-6H,3H2,1-2H3,(H,11,12). The Bertz CT molecular complexity index is 566. The molecule has 0 aromatic heterocycles. The molecule has 1 heterocycles. The number of amidine groups is 1. The van der Waals surface area contributed by atoms with Crippen LogP contribution in [0, 0.1) is 0 Å². The molecule has 0 atom stereocenters. The van der Waals surface area contributed by atoms with Gasteiger partial charge in [-0.3, -0.25) is 4.99 Å². The molecule has 0 radical (unpaired) electrons. The van der Waals surface area contributed by atoms with E-state index in [1.54, 1.807) is 18.2 Å². The smallest absolute Gasteiger partial charge is 0.408 e. The van der Waals surface area contributed by atoms with Crippen LogP contribution in [0.3, 0.4) is 0 Å². The van der Waals surface area contributed by atoms with Crippen LogP contribution in [0.5, 0.6) is 11.5 Å². The zero-order valence-corrected chi connectivity index (χ0v) is 10.2. The lowest BCUT2D eigenvalue weighted by atomic mass is 10.1. The Balaban J connectivity index is 2.61. The van der Waals surface area contributed by atoms with Gasteiger partial charge in [0.05, 0.1) is 6.61 Å². The van der Waals surface area contributed by atoms with Crippen molar-refractivity contribution in [3.63, 3.8) is 0 Å². The molecule has 1 aromatic rings. The highest BCUT2D eigenvalue weighted by Crippen LogP contribution is 2.32. The van der Waals surface area contributed by atoms with E-state index in [2.05, 4.69) is 9.71 Å². The molecule has 0 saturated heterocycles. The molecule has 0 spiro atoms. The molecule has 6 nitrogen and oxygen atoms in total. The number of hydrogen-bond donors (Lipinski definition) is 1. The first-order valence-electron chi connectivity index (χ1n) is 5.02. The summed E-state index contributed by atoms with van der Waals surface area (Å²) in [7, 11) is -2.33. The van der Waals surface area contributed by atoms with Gasteiger partial charge in [0, 0.05) is 7.05 Å². The van der Waals surface area contributed by atoms with Gasteiger partial charge in [-0.05, 0) is 19.1 Å². The third-order valence-corrected chi connectivity index (χ3v) is 3.01. The number of nitrogens with one attached hydrogen (secondary N) is 1. The van der Waals surface area contributed by atoms with Crippen molar-refractivity contribution in [2.45, 2.75) is 6.92 Å². The summed E-state index contributed by atoms with van der Waals surface area (Å²) in [5.74, 6) is 0.971. The minimum absolute atomic E-state index is 0.218. The lowest BCUT2D eigenvalue weighted by Gasteiger charge is -2.21. The van der Waals surface area contributed by atoms with Crippen LogP contribution in [0.4, 0.5) is 0 Å². The third kappa shape index (κ3) is 2.19. The number of nitrogens with zero attached hydrogens (tertiary/aromatic N) is 1. The Morgan fingerprint density at radius 3 is 2.88 bits per heavy atom. The highest BCUT2D eigenvalue weighted by atomic mass is 32.2. The van der Waals surface area contributed by atoms with E-state index in [4.69, 9.17) is 8.92 Å². The second kappa shape index (κ2) is 4.25. The fourth-order valence-corrected chi connectivity index (χ4v) is 2.40. The summed E-state index contributed by atoms with van der Waals surface area (Å²) in [5, 5.41) is 0. The lowest BCUT2D eigenvalue weighted by molar-refractivity contribution is 0.337. The van der Waals surface area contributed by atoms with E-state index < -0.39 is 10.3 Å². The van der Waals surface area contributed by atoms with Crippen LogP contribution >= 0.6 is 0 Å². The molecule has 0 saturated carbocycles. The predicted octanol–water partition coefficient (Wildman–Crippen LogP) is 0.688. The molecule has 0 aliphatic carbocycles. The highest BCUT2D eigenvalue weighted by molar-refractivity contribution is 7.85. The van der Waals surface area contributed by atoms with E-state index in [9.17, 15) is 8.42 Å². The third-order valence-electron chi connectivity index (χ3n) is 2.17. The summed E-state index contributed by atoms with van der Waals surface area (Å²) in [5.41, 5.74) is 0.520. The molecule has 2 rings (SSSR count). The summed E-state index contributed by atoms with van der Waals surface area (Å²) in [6.07, 6.45) is 0. The molecule has 7 heteroatoms. The van der Waals surface area contributed by atoms with Crippen LogP contribution in [0.15, 0.2) is 23.2 Å². The Hall–Kier alpha value is -1.76. The largest absolute Gasteiger partial charge is 0.493 e. The Morgan fingerprint density at radius 2 is 2.24 bits per heavy atom. The summed E-state index contributed by atoms with van der Waals surface area (Å²) in [4.78, 5) is 3.89. The summed E-state index contributed by atoms with van der Waals surface area (Å²) in [6.45, 7) is 2.32. The molecule has 1 N–H and O–H groups in total. The number of fused-ring (bicyclic) bond motifs is 1. The van der Waals surface area contributed by atoms with E-state index in [1.165, 1.54) is 7.05 Å². The average Bonchev–Trinajstić information content (AvgIpc) is 2.27. The molecular weight excluding hydrogens is 244 g/mol. The zero-order valence-electron chi connectivity index (χ0n) is 9.43. The zero-order chi connectivity index (χ0) is 12.5. The van der Waals surface area contributed by atoms with E-state index in [1.807, 2.05) is 6.92 Å². The Labute approximate surface area is 99.5 Å². The molecule has 92 valence electrons. The van der Waals surface area contributed by atoms with Gasteiger partial charge in [0.2, 0.25) is 0 Å². The summed E-state index contributed by atoms with van der Waals surface area (Å²) < 4.78 is 35.3. The number of benzene rings is 1. The van der Waals surface area contributed by atoms with Crippen molar-refractivity contribution < 1.29 is 17.3 Å². The second-order valence-electron chi connectivity index (χ2n) is 3.27. The average molecular weight is 256 g/mol. The predicted molar refractivity (Wildman–Crippen MR) is 62.8 cm³/mol. The lowest BCUT2D eigenvalue weighted by Crippen LogP contribution is -2.39. The number of ether oxygens (including phenoxy) is 1. The first-order chi connectivity index (χ1) is 8.07. The molecule has 1 aliphatic heterocycles. The molecule has 0 unspecified atom stereocenters.